The van der Waals surface area contributed by atoms with Crippen molar-refractivity contribution in [3.05, 3.63) is 88.4 Å². The van der Waals surface area contributed by atoms with Crippen molar-refractivity contribution in [3.63, 3.8) is 0 Å². The number of amides is 1. The van der Waals surface area contributed by atoms with E-state index >= 15 is 0 Å². The molecule has 1 aliphatic heterocycles. The first kappa shape index (κ1) is 27.7. The third-order valence-corrected chi connectivity index (χ3v) is 10.3. The average molecular weight is 583 g/mol. The molecule has 0 atom stereocenters. The van der Waals surface area contributed by atoms with Gasteiger partial charge in [0.05, 0.1) is 15.1 Å². The van der Waals surface area contributed by atoms with E-state index in [-0.39, 0.29) is 10.8 Å². The van der Waals surface area contributed by atoms with Gasteiger partial charge in [-0.05, 0) is 73.1 Å². The van der Waals surface area contributed by atoms with Crippen molar-refractivity contribution in [2.75, 3.05) is 37.6 Å². The maximum Gasteiger partial charge on any atom is 0.260 e. The number of benzene rings is 3. The highest BCUT2D eigenvalue weighted by Gasteiger charge is 2.29. The van der Waals surface area contributed by atoms with Crippen LogP contribution < -0.4 is 4.90 Å². The summed E-state index contributed by atoms with van der Waals surface area (Å²) in [6.45, 7) is 7.87. The van der Waals surface area contributed by atoms with Gasteiger partial charge >= 0.3 is 0 Å². The molecule has 5 rings (SSSR count). The molecule has 2 heterocycles. The molecule has 3 aromatic carbocycles. The highest BCUT2D eigenvalue weighted by molar-refractivity contribution is 7.89. The summed E-state index contributed by atoms with van der Waals surface area (Å²) in [4.78, 5) is 22.6. The number of hydrogen-bond donors (Lipinski definition) is 0. The number of anilines is 1. The summed E-state index contributed by atoms with van der Waals surface area (Å²) in [5.41, 5.74) is 3.41. The first-order valence-corrected chi connectivity index (χ1v) is 15.7. The van der Waals surface area contributed by atoms with Crippen LogP contribution in [0.4, 0.5) is 5.13 Å². The molecule has 0 unspecified atom stereocenters. The van der Waals surface area contributed by atoms with Gasteiger partial charge in [0.2, 0.25) is 10.0 Å². The highest BCUT2D eigenvalue weighted by atomic mass is 35.5. The minimum Gasteiger partial charge on any atom is -0.302 e. The number of thiazole rings is 1. The van der Waals surface area contributed by atoms with Gasteiger partial charge in [-0.25, -0.2) is 13.4 Å². The molecule has 204 valence electrons. The molecular formula is C29H31ClN4O3S2. The number of fused-ring (bicyclic) bond motifs is 2. The van der Waals surface area contributed by atoms with Crippen LogP contribution >= 0.6 is 22.9 Å². The molecule has 0 fully saturated rings. The molecular weight excluding hydrogens is 552 g/mol. The van der Waals surface area contributed by atoms with Crippen LogP contribution in [0, 0.1) is 0 Å². The van der Waals surface area contributed by atoms with Crippen LogP contribution in [0.3, 0.4) is 0 Å². The number of nitrogens with zero attached hydrogens (tertiary/aromatic N) is 4. The first-order valence-electron chi connectivity index (χ1n) is 13.1. The van der Waals surface area contributed by atoms with E-state index in [0.29, 0.717) is 48.3 Å². The monoisotopic (exact) mass is 582 g/mol. The quantitative estimate of drug-likeness (QED) is 0.254. The zero-order valence-corrected chi connectivity index (χ0v) is 24.4. The van der Waals surface area contributed by atoms with Crippen molar-refractivity contribution in [2.45, 2.75) is 31.7 Å². The molecule has 10 heteroatoms. The van der Waals surface area contributed by atoms with Crippen LogP contribution in [-0.2, 0) is 23.0 Å². The lowest BCUT2D eigenvalue weighted by Crippen LogP contribution is -2.39. The Balaban J connectivity index is 1.40. The van der Waals surface area contributed by atoms with E-state index in [2.05, 4.69) is 18.7 Å². The summed E-state index contributed by atoms with van der Waals surface area (Å²) in [5.74, 6) is -0.219. The first-order chi connectivity index (χ1) is 18.8. The largest absolute Gasteiger partial charge is 0.302 e. The summed E-state index contributed by atoms with van der Waals surface area (Å²) in [6, 6.07) is 19.7. The van der Waals surface area contributed by atoms with Gasteiger partial charge in [-0.3, -0.25) is 9.69 Å². The molecule has 39 heavy (non-hydrogen) atoms. The second-order valence-corrected chi connectivity index (χ2v) is 12.9. The Hall–Kier alpha value is -2.82. The third-order valence-electron chi connectivity index (χ3n) is 7.18. The van der Waals surface area contributed by atoms with Gasteiger partial charge in [-0.1, -0.05) is 61.1 Å². The van der Waals surface area contributed by atoms with E-state index in [0.717, 1.165) is 28.9 Å². The van der Waals surface area contributed by atoms with E-state index in [1.54, 1.807) is 23.1 Å². The number of carbonyl (C=O) groups excluding carboxylic acids is 1. The van der Waals surface area contributed by atoms with Crippen molar-refractivity contribution in [1.82, 2.24) is 14.2 Å². The van der Waals surface area contributed by atoms with Crippen LogP contribution in [0.5, 0.6) is 0 Å². The normalized spacial score (nSPS) is 14.1. The van der Waals surface area contributed by atoms with E-state index in [4.69, 9.17) is 16.6 Å². The summed E-state index contributed by atoms with van der Waals surface area (Å²) < 4.78 is 29.2. The van der Waals surface area contributed by atoms with Crippen molar-refractivity contribution in [1.29, 1.82) is 0 Å². The predicted octanol–water partition coefficient (Wildman–Crippen LogP) is 5.69. The summed E-state index contributed by atoms with van der Waals surface area (Å²) in [7, 11) is -3.69. The van der Waals surface area contributed by atoms with Gasteiger partial charge in [0, 0.05) is 36.8 Å². The molecule has 0 radical (unpaired) electrons. The molecule has 0 aliphatic carbocycles. The van der Waals surface area contributed by atoms with Crippen LogP contribution in [0.1, 0.15) is 35.3 Å². The second-order valence-electron chi connectivity index (χ2n) is 9.47. The van der Waals surface area contributed by atoms with Gasteiger partial charge < -0.3 is 4.90 Å². The Morgan fingerprint density at radius 1 is 1.00 bits per heavy atom. The minimum absolute atomic E-state index is 0.183. The van der Waals surface area contributed by atoms with Gasteiger partial charge in [0.15, 0.2) is 5.13 Å². The topological polar surface area (TPSA) is 73.8 Å². The lowest BCUT2D eigenvalue weighted by molar-refractivity contribution is 0.0983. The summed E-state index contributed by atoms with van der Waals surface area (Å²) in [5, 5.41) is 1.21. The fourth-order valence-corrected chi connectivity index (χ4v) is 7.50. The Bertz CT molecular complexity index is 1580. The second kappa shape index (κ2) is 11.7. The summed E-state index contributed by atoms with van der Waals surface area (Å²) in [6.07, 6.45) is 0.681. The van der Waals surface area contributed by atoms with Crippen LogP contribution in [0.2, 0.25) is 5.02 Å². The maximum absolute atomic E-state index is 13.8. The van der Waals surface area contributed by atoms with Gasteiger partial charge in [0.1, 0.15) is 0 Å². The lowest BCUT2D eigenvalue weighted by Gasteiger charge is -2.28. The fraction of sp³-hybridized carbons (Fsp3) is 0.310. The zero-order chi connectivity index (χ0) is 27.6. The number of sulfonamides is 1. The molecule has 0 saturated carbocycles. The third kappa shape index (κ3) is 5.88. The van der Waals surface area contributed by atoms with Crippen molar-refractivity contribution in [2.24, 2.45) is 0 Å². The van der Waals surface area contributed by atoms with Gasteiger partial charge in [-0.2, -0.15) is 4.31 Å². The molecule has 0 bridgehead atoms. The Morgan fingerprint density at radius 2 is 1.72 bits per heavy atom. The van der Waals surface area contributed by atoms with Crippen LogP contribution in [0.15, 0.2) is 71.6 Å². The average Bonchev–Trinajstić information content (AvgIpc) is 3.37. The molecule has 0 spiro atoms. The zero-order valence-electron chi connectivity index (χ0n) is 22.0. The minimum atomic E-state index is -3.69. The standard InChI is InChI=1S/C29H31ClN4O3S2/c1-3-32(4-2)17-18-34(29-31-26-14-11-24(30)19-27(26)38-29)28(35)22-9-12-25(13-10-22)39(36,37)33-16-15-21-7-5-6-8-23(21)20-33/h5-14,19H,3-4,15-18,20H2,1-2H3. The van der Waals surface area contributed by atoms with Crippen molar-refractivity contribution in [3.8, 4) is 0 Å². The van der Waals surface area contributed by atoms with Crippen molar-refractivity contribution < 1.29 is 13.2 Å². The van der Waals surface area contributed by atoms with E-state index in [1.165, 1.54) is 33.3 Å². The molecule has 1 aliphatic rings. The Labute approximate surface area is 238 Å². The molecule has 1 aromatic heterocycles. The molecule has 4 aromatic rings. The number of likely N-dealkylation sites (N-methyl/N-ethyl adjacent to an activating group) is 1. The Kier molecular flexibility index (Phi) is 8.35. The number of hydrogen-bond acceptors (Lipinski definition) is 6. The lowest BCUT2D eigenvalue weighted by atomic mass is 10.0. The SMILES string of the molecule is CCN(CC)CCN(C(=O)c1ccc(S(=O)(=O)N2CCc3ccccc3C2)cc1)c1nc2ccc(Cl)cc2s1. The molecule has 0 N–H and O–H groups in total. The number of aromatic nitrogens is 1. The highest BCUT2D eigenvalue weighted by Crippen LogP contribution is 2.32. The molecule has 0 saturated heterocycles. The van der Waals surface area contributed by atoms with Gasteiger partial charge in [0.25, 0.3) is 5.91 Å². The van der Waals surface area contributed by atoms with Crippen LogP contribution in [0.25, 0.3) is 10.2 Å². The maximum atomic E-state index is 13.8. The number of carbonyl (C=O) groups is 1. The fourth-order valence-electron chi connectivity index (χ4n) is 4.82. The van der Waals surface area contributed by atoms with E-state index < -0.39 is 10.0 Å². The van der Waals surface area contributed by atoms with E-state index in [9.17, 15) is 13.2 Å². The molecule has 1 amide bonds. The van der Waals surface area contributed by atoms with Gasteiger partial charge in [-0.15, -0.1) is 0 Å². The summed E-state index contributed by atoms with van der Waals surface area (Å²) >= 11 is 7.60. The van der Waals surface area contributed by atoms with Crippen LogP contribution in [-0.4, -0.2) is 61.2 Å². The molecule has 7 nitrogen and oxygen atoms in total. The van der Waals surface area contributed by atoms with Crippen molar-refractivity contribution >= 4 is 54.2 Å². The Morgan fingerprint density at radius 3 is 2.44 bits per heavy atom. The number of halogens is 1. The smallest absolute Gasteiger partial charge is 0.260 e. The van der Waals surface area contributed by atoms with E-state index in [1.807, 2.05) is 36.4 Å². The predicted molar refractivity (Wildman–Crippen MR) is 158 cm³/mol. The number of rotatable bonds is 9.